The van der Waals surface area contributed by atoms with Crippen LogP contribution in [0.15, 0.2) is 42.5 Å². The molecule has 0 atom stereocenters. The van der Waals surface area contributed by atoms with Crippen molar-refractivity contribution < 1.29 is 9.53 Å². The summed E-state index contributed by atoms with van der Waals surface area (Å²) in [6.07, 6.45) is -0.0290. The van der Waals surface area contributed by atoms with Crippen molar-refractivity contribution in [2.75, 3.05) is 5.32 Å². The van der Waals surface area contributed by atoms with Crippen molar-refractivity contribution in [3.63, 3.8) is 0 Å². The summed E-state index contributed by atoms with van der Waals surface area (Å²) in [5, 5.41) is 6.42. The number of hydrogen-bond donors (Lipinski definition) is 2. The molecule has 0 saturated heterocycles. The van der Waals surface area contributed by atoms with Gasteiger partial charge in [-0.15, -0.1) is 0 Å². The van der Waals surface area contributed by atoms with Crippen LogP contribution >= 0.6 is 23.8 Å². The van der Waals surface area contributed by atoms with Crippen LogP contribution in [0.4, 0.5) is 5.69 Å². The van der Waals surface area contributed by atoms with Crippen LogP contribution in [0.3, 0.4) is 0 Å². The van der Waals surface area contributed by atoms with E-state index in [-0.39, 0.29) is 17.1 Å². The molecule has 126 valence electrons. The quantitative estimate of drug-likeness (QED) is 0.783. The maximum Gasteiger partial charge on any atom is 0.261 e. The van der Waals surface area contributed by atoms with Crippen LogP contribution in [0.5, 0.6) is 5.75 Å². The number of halogens is 1. The zero-order chi connectivity index (χ0) is 17.7. The predicted molar refractivity (Wildman–Crippen MR) is 102 cm³/mol. The smallest absolute Gasteiger partial charge is 0.261 e. The second kappa shape index (κ2) is 8.13. The molecule has 0 bridgehead atoms. The number of carbonyl (C=O) groups is 1. The molecule has 6 heteroatoms. The molecule has 0 heterocycles. The number of carbonyl (C=O) groups excluding carboxylic acids is 1. The van der Waals surface area contributed by atoms with Crippen LogP contribution in [-0.2, 0) is 0 Å². The summed E-state index contributed by atoms with van der Waals surface area (Å²) < 4.78 is 5.65. The first kappa shape index (κ1) is 18.2. The lowest BCUT2D eigenvalue weighted by atomic mass is 10.2. The van der Waals surface area contributed by atoms with Gasteiger partial charge in [-0.05, 0) is 62.8 Å². The molecular weight excluding hydrogens is 344 g/mol. The molecule has 0 fully saturated rings. The zero-order valence-electron chi connectivity index (χ0n) is 13.7. The van der Waals surface area contributed by atoms with Crippen molar-refractivity contribution in [3.8, 4) is 5.75 Å². The number of rotatable bonds is 4. The highest BCUT2D eigenvalue weighted by molar-refractivity contribution is 7.80. The van der Waals surface area contributed by atoms with Gasteiger partial charge in [0.05, 0.1) is 11.7 Å². The number of thiocarbonyl (C=S) groups is 1. The molecule has 2 rings (SSSR count). The highest BCUT2D eigenvalue weighted by Gasteiger charge is 2.14. The number of para-hydroxylation sites is 1. The monoisotopic (exact) mass is 362 g/mol. The second-order valence-corrected chi connectivity index (χ2v) is 6.35. The molecule has 0 radical (unpaired) electrons. The number of ether oxygens (including phenoxy) is 1. The number of amides is 1. The lowest BCUT2D eigenvalue weighted by Crippen LogP contribution is -2.34. The van der Waals surface area contributed by atoms with E-state index in [1.54, 1.807) is 24.3 Å². The third kappa shape index (κ3) is 4.94. The Hall–Kier alpha value is -2.11. The van der Waals surface area contributed by atoms with Crippen LogP contribution in [0.1, 0.15) is 29.8 Å². The molecule has 0 spiro atoms. The molecule has 0 aliphatic carbocycles. The van der Waals surface area contributed by atoms with Gasteiger partial charge in [-0.3, -0.25) is 10.1 Å². The van der Waals surface area contributed by atoms with E-state index < -0.39 is 0 Å². The number of benzene rings is 2. The first-order valence-electron chi connectivity index (χ1n) is 7.51. The molecule has 2 aromatic rings. The zero-order valence-corrected chi connectivity index (χ0v) is 15.3. The van der Waals surface area contributed by atoms with Gasteiger partial charge >= 0.3 is 0 Å². The molecular formula is C18H19ClN2O2S. The van der Waals surface area contributed by atoms with Gasteiger partial charge in [0.2, 0.25) is 0 Å². The Balaban J connectivity index is 2.06. The Morgan fingerprint density at radius 1 is 1.21 bits per heavy atom. The lowest BCUT2D eigenvalue weighted by Gasteiger charge is -2.15. The van der Waals surface area contributed by atoms with E-state index in [2.05, 4.69) is 10.6 Å². The number of hydrogen-bond acceptors (Lipinski definition) is 3. The van der Waals surface area contributed by atoms with Gasteiger partial charge in [0.1, 0.15) is 5.75 Å². The first-order chi connectivity index (χ1) is 11.4. The Labute approximate surface area is 152 Å². The first-order valence-corrected chi connectivity index (χ1v) is 8.29. The fourth-order valence-corrected chi connectivity index (χ4v) is 2.41. The van der Waals surface area contributed by atoms with Gasteiger partial charge < -0.3 is 10.1 Å². The summed E-state index contributed by atoms with van der Waals surface area (Å²) in [5.74, 6) is 0.188. The summed E-state index contributed by atoms with van der Waals surface area (Å²) >= 11 is 11.3. The summed E-state index contributed by atoms with van der Waals surface area (Å²) in [5.41, 5.74) is 2.11. The van der Waals surface area contributed by atoms with Gasteiger partial charge in [0.25, 0.3) is 5.91 Å². The van der Waals surface area contributed by atoms with Crippen molar-refractivity contribution in [2.24, 2.45) is 0 Å². The van der Waals surface area contributed by atoms with E-state index in [9.17, 15) is 4.79 Å². The Bertz CT molecular complexity index is 762. The van der Waals surface area contributed by atoms with Crippen molar-refractivity contribution in [2.45, 2.75) is 26.9 Å². The number of aryl methyl sites for hydroxylation is 1. The summed E-state index contributed by atoms with van der Waals surface area (Å²) in [6.45, 7) is 5.72. The maximum atomic E-state index is 12.4. The van der Waals surface area contributed by atoms with Crippen molar-refractivity contribution in [3.05, 3.63) is 58.6 Å². The van der Waals surface area contributed by atoms with Crippen molar-refractivity contribution in [1.29, 1.82) is 0 Å². The Morgan fingerprint density at radius 3 is 2.58 bits per heavy atom. The number of anilines is 1. The molecule has 0 saturated carbocycles. The van der Waals surface area contributed by atoms with Crippen LogP contribution < -0.4 is 15.4 Å². The van der Waals surface area contributed by atoms with Crippen LogP contribution in [-0.4, -0.2) is 17.1 Å². The van der Waals surface area contributed by atoms with E-state index >= 15 is 0 Å². The normalized spacial score (nSPS) is 10.4. The van der Waals surface area contributed by atoms with Gasteiger partial charge in [0.15, 0.2) is 5.11 Å². The molecule has 24 heavy (non-hydrogen) atoms. The molecule has 1 amide bonds. The third-order valence-corrected chi connectivity index (χ3v) is 3.76. The molecule has 4 nitrogen and oxygen atoms in total. The Kier molecular flexibility index (Phi) is 6.17. The molecule has 0 aliphatic rings. The lowest BCUT2D eigenvalue weighted by molar-refractivity contribution is 0.0972. The SMILES string of the molecule is Cc1ccc(NC(=S)NC(=O)c2ccccc2OC(C)C)cc1Cl. The minimum Gasteiger partial charge on any atom is -0.490 e. The molecule has 0 aliphatic heterocycles. The largest absolute Gasteiger partial charge is 0.490 e. The molecule has 2 N–H and O–H groups in total. The van der Waals surface area contributed by atoms with Crippen LogP contribution in [0.2, 0.25) is 5.02 Å². The fraction of sp³-hybridized carbons (Fsp3) is 0.222. The van der Waals surface area contributed by atoms with E-state index in [1.807, 2.05) is 39.0 Å². The minimum absolute atomic E-state index is 0.0290. The third-order valence-electron chi connectivity index (χ3n) is 3.15. The average molecular weight is 363 g/mol. The average Bonchev–Trinajstić information content (AvgIpc) is 2.50. The second-order valence-electron chi connectivity index (χ2n) is 5.53. The Morgan fingerprint density at radius 2 is 1.92 bits per heavy atom. The van der Waals surface area contributed by atoms with Gasteiger partial charge in [0, 0.05) is 10.7 Å². The highest BCUT2D eigenvalue weighted by Crippen LogP contribution is 2.21. The predicted octanol–water partition coefficient (Wildman–Crippen LogP) is 4.56. The van der Waals surface area contributed by atoms with E-state index in [0.29, 0.717) is 22.0 Å². The summed E-state index contributed by atoms with van der Waals surface area (Å²) in [7, 11) is 0. The van der Waals surface area contributed by atoms with Gasteiger partial charge in [-0.2, -0.15) is 0 Å². The number of nitrogens with one attached hydrogen (secondary N) is 2. The topological polar surface area (TPSA) is 50.4 Å². The fourth-order valence-electron chi connectivity index (χ4n) is 2.01. The van der Waals surface area contributed by atoms with Crippen molar-refractivity contribution >= 4 is 40.5 Å². The van der Waals surface area contributed by atoms with E-state index in [4.69, 9.17) is 28.6 Å². The molecule has 0 aromatic heterocycles. The van der Waals surface area contributed by atoms with E-state index in [0.717, 1.165) is 5.56 Å². The van der Waals surface area contributed by atoms with Gasteiger partial charge in [-0.25, -0.2) is 0 Å². The maximum absolute atomic E-state index is 12.4. The van der Waals surface area contributed by atoms with Crippen molar-refractivity contribution in [1.82, 2.24) is 5.32 Å². The summed E-state index contributed by atoms with van der Waals surface area (Å²) in [4.78, 5) is 12.4. The van der Waals surface area contributed by atoms with E-state index in [1.165, 1.54) is 0 Å². The van der Waals surface area contributed by atoms with Crippen LogP contribution in [0.25, 0.3) is 0 Å². The highest BCUT2D eigenvalue weighted by atomic mass is 35.5. The molecule has 0 unspecified atom stereocenters. The summed E-state index contributed by atoms with van der Waals surface area (Å²) in [6, 6.07) is 12.5. The standard InChI is InChI=1S/C18H19ClN2O2S/c1-11(2)23-16-7-5-4-6-14(16)17(22)21-18(24)20-13-9-8-12(3)15(19)10-13/h4-11H,1-3H3,(H2,20,21,22,24). The van der Waals surface area contributed by atoms with Gasteiger partial charge in [-0.1, -0.05) is 29.8 Å². The van der Waals surface area contributed by atoms with Crippen LogP contribution in [0, 0.1) is 6.92 Å². The minimum atomic E-state index is -0.332. The molecule has 2 aromatic carbocycles.